The molecule has 92 valence electrons. The van der Waals surface area contributed by atoms with E-state index in [1.54, 1.807) is 0 Å². The molecule has 7 nitrogen and oxygen atoms in total. The van der Waals surface area contributed by atoms with Gasteiger partial charge in [-0.3, -0.25) is 14.9 Å². The molecule has 1 aromatic heterocycles. The van der Waals surface area contributed by atoms with Crippen molar-refractivity contribution in [3.8, 4) is 0 Å². The molecule has 1 aromatic carbocycles. The molecular formula is C11H8N2O5. The Hall–Kier alpha value is -2.57. The quantitative estimate of drug-likeness (QED) is 0.597. The Kier molecular flexibility index (Phi) is 2.88. The number of carbonyl (C=O) groups excluding carboxylic acids is 1. The molecule has 0 spiro atoms. The van der Waals surface area contributed by atoms with Gasteiger partial charge in [0.1, 0.15) is 5.78 Å². The third-order valence-corrected chi connectivity index (χ3v) is 2.27. The van der Waals surface area contributed by atoms with Gasteiger partial charge in [-0.15, -0.1) is 0 Å². The summed E-state index contributed by atoms with van der Waals surface area (Å²) in [7, 11) is 0. The van der Waals surface area contributed by atoms with Crippen molar-refractivity contribution in [2.75, 3.05) is 0 Å². The predicted molar refractivity (Wildman–Crippen MR) is 61.3 cm³/mol. The largest absolute Gasteiger partial charge is 0.407 e. The Morgan fingerprint density at radius 1 is 1.50 bits per heavy atom. The predicted octanol–water partition coefficient (Wildman–Crippen LogP) is 1.23. The van der Waals surface area contributed by atoms with E-state index >= 15 is 0 Å². The summed E-state index contributed by atoms with van der Waals surface area (Å²) in [5, 5.41) is 10.8. The zero-order valence-corrected chi connectivity index (χ0v) is 9.37. The van der Waals surface area contributed by atoms with Crippen molar-refractivity contribution < 1.29 is 14.1 Å². The number of nitro groups is 1. The maximum absolute atomic E-state index is 11.6. The number of nitrogens with zero attached hydrogens (tertiary/aromatic N) is 2. The summed E-state index contributed by atoms with van der Waals surface area (Å²) in [6, 6.07) is 3.66. The average molecular weight is 248 g/mol. The highest BCUT2D eigenvalue weighted by molar-refractivity contribution is 5.81. The third-order valence-electron chi connectivity index (χ3n) is 2.27. The fraction of sp³-hybridized carbons (Fsp3) is 0.182. The molecule has 1 heterocycles. The van der Waals surface area contributed by atoms with Crippen LogP contribution in [0.1, 0.15) is 12.8 Å². The van der Waals surface area contributed by atoms with E-state index in [2.05, 4.69) is 4.98 Å². The van der Waals surface area contributed by atoms with E-state index in [0.29, 0.717) is 0 Å². The molecule has 0 aliphatic heterocycles. The van der Waals surface area contributed by atoms with Crippen LogP contribution in [0, 0.1) is 10.1 Å². The molecule has 0 atom stereocenters. The Bertz CT molecular complexity index is 704. The summed E-state index contributed by atoms with van der Waals surface area (Å²) in [6.45, 7) is 1.33. The van der Waals surface area contributed by atoms with Gasteiger partial charge in [-0.1, -0.05) is 0 Å². The van der Waals surface area contributed by atoms with Crippen LogP contribution in [0.15, 0.2) is 27.4 Å². The van der Waals surface area contributed by atoms with Crippen LogP contribution in [0.4, 0.5) is 5.69 Å². The summed E-state index contributed by atoms with van der Waals surface area (Å²) in [5.41, 5.74) is -0.683. The maximum Gasteiger partial charge on any atom is 0.346 e. The molecule has 0 aliphatic carbocycles. The fourth-order valence-corrected chi connectivity index (χ4v) is 1.51. The van der Waals surface area contributed by atoms with E-state index in [1.807, 2.05) is 0 Å². The number of benzene rings is 1. The smallest absolute Gasteiger partial charge is 0.346 e. The van der Waals surface area contributed by atoms with E-state index in [0.717, 1.165) is 0 Å². The standard InChI is InChI=1S/C11H8N2O5/c1-6(14)4-10-12-9-5-7(13(16)17)2-3-8(9)11(15)18-10/h2-3,5H,4H2,1H3. The first-order valence-electron chi connectivity index (χ1n) is 5.05. The molecule has 0 fully saturated rings. The van der Waals surface area contributed by atoms with Gasteiger partial charge in [-0.05, 0) is 13.0 Å². The molecule has 0 saturated heterocycles. The summed E-state index contributed by atoms with van der Waals surface area (Å²) in [4.78, 5) is 36.5. The van der Waals surface area contributed by atoms with E-state index in [9.17, 15) is 19.7 Å². The van der Waals surface area contributed by atoms with Crippen molar-refractivity contribution in [3.63, 3.8) is 0 Å². The fourth-order valence-electron chi connectivity index (χ4n) is 1.51. The van der Waals surface area contributed by atoms with Crippen LogP contribution in [0.25, 0.3) is 10.9 Å². The summed E-state index contributed by atoms with van der Waals surface area (Å²) < 4.78 is 4.84. The Balaban J connectivity index is 2.64. The number of hydrogen-bond donors (Lipinski definition) is 0. The number of non-ortho nitro benzene ring substituents is 1. The maximum atomic E-state index is 11.6. The summed E-state index contributed by atoms with van der Waals surface area (Å²) in [6.07, 6.45) is -0.117. The minimum Gasteiger partial charge on any atom is -0.407 e. The van der Waals surface area contributed by atoms with Crippen LogP contribution in [0.5, 0.6) is 0 Å². The first-order chi connectivity index (χ1) is 8.47. The van der Waals surface area contributed by atoms with E-state index in [4.69, 9.17) is 4.42 Å². The van der Waals surface area contributed by atoms with Gasteiger partial charge in [-0.2, -0.15) is 0 Å². The molecule has 0 N–H and O–H groups in total. The lowest BCUT2D eigenvalue weighted by Crippen LogP contribution is -2.08. The number of rotatable bonds is 3. The van der Waals surface area contributed by atoms with Crippen molar-refractivity contribution in [3.05, 3.63) is 44.6 Å². The van der Waals surface area contributed by atoms with Gasteiger partial charge in [0, 0.05) is 12.1 Å². The number of ketones is 1. The Morgan fingerprint density at radius 3 is 2.83 bits per heavy atom. The van der Waals surface area contributed by atoms with Crippen LogP contribution in [0.2, 0.25) is 0 Å². The van der Waals surface area contributed by atoms with E-state index in [-0.39, 0.29) is 34.7 Å². The minimum atomic E-state index is -0.661. The SMILES string of the molecule is CC(=O)Cc1nc2cc([N+](=O)[O-])ccc2c(=O)o1. The lowest BCUT2D eigenvalue weighted by Gasteiger charge is -1.99. The van der Waals surface area contributed by atoms with Gasteiger partial charge in [0.2, 0.25) is 5.89 Å². The van der Waals surface area contributed by atoms with Gasteiger partial charge < -0.3 is 4.42 Å². The molecule has 0 unspecified atom stereocenters. The Morgan fingerprint density at radius 2 is 2.22 bits per heavy atom. The highest BCUT2D eigenvalue weighted by Gasteiger charge is 2.12. The van der Waals surface area contributed by atoms with E-state index < -0.39 is 10.5 Å². The minimum absolute atomic E-state index is 0.0412. The Labute approximate surface area is 100 Å². The molecule has 0 bridgehead atoms. The van der Waals surface area contributed by atoms with Gasteiger partial charge >= 0.3 is 5.63 Å². The molecule has 0 saturated carbocycles. The normalized spacial score (nSPS) is 10.5. The molecule has 2 aromatic rings. The number of fused-ring (bicyclic) bond motifs is 1. The second-order valence-electron chi connectivity index (χ2n) is 3.73. The van der Waals surface area contributed by atoms with Crippen molar-refractivity contribution in [1.82, 2.24) is 4.98 Å². The zero-order chi connectivity index (χ0) is 13.3. The number of aromatic nitrogens is 1. The molecule has 0 radical (unpaired) electrons. The second kappa shape index (κ2) is 4.36. The van der Waals surface area contributed by atoms with Crippen LogP contribution < -0.4 is 5.63 Å². The van der Waals surface area contributed by atoms with Crippen LogP contribution in [-0.4, -0.2) is 15.7 Å². The van der Waals surface area contributed by atoms with Crippen LogP contribution >= 0.6 is 0 Å². The first-order valence-corrected chi connectivity index (χ1v) is 5.05. The number of nitro benzene ring substituents is 1. The monoisotopic (exact) mass is 248 g/mol. The summed E-state index contributed by atoms with van der Waals surface area (Å²) >= 11 is 0. The number of hydrogen-bond acceptors (Lipinski definition) is 6. The van der Waals surface area contributed by atoms with Gasteiger partial charge in [0.15, 0.2) is 0 Å². The van der Waals surface area contributed by atoms with Crippen LogP contribution in [-0.2, 0) is 11.2 Å². The van der Waals surface area contributed by atoms with Crippen molar-refractivity contribution in [2.45, 2.75) is 13.3 Å². The molecule has 18 heavy (non-hydrogen) atoms. The van der Waals surface area contributed by atoms with Crippen molar-refractivity contribution >= 4 is 22.4 Å². The third kappa shape index (κ3) is 2.24. The molecule has 0 aliphatic rings. The lowest BCUT2D eigenvalue weighted by atomic mass is 10.2. The molecule has 2 rings (SSSR count). The molecular weight excluding hydrogens is 240 g/mol. The molecule has 0 amide bonds. The zero-order valence-electron chi connectivity index (χ0n) is 9.37. The van der Waals surface area contributed by atoms with Gasteiger partial charge in [-0.25, -0.2) is 9.78 Å². The van der Waals surface area contributed by atoms with Gasteiger partial charge in [0.25, 0.3) is 5.69 Å². The summed E-state index contributed by atoms with van der Waals surface area (Å²) in [5.74, 6) is -0.254. The average Bonchev–Trinajstić information content (AvgIpc) is 2.27. The van der Waals surface area contributed by atoms with Crippen LogP contribution in [0.3, 0.4) is 0 Å². The first kappa shape index (κ1) is 11.9. The van der Waals surface area contributed by atoms with E-state index in [1.165, 1.54) is 25.1 Å². The molecule has 7 heteroatoms. The lowest BCUT2D eigenvalue weighted by molar-refractivity contribution is -0.384. The second-order valence-corrected chi connectivity index (χ2v) is 3.73. The van der Waals surface area contributed by atoms with Crippen molar-refractivity contribution in [2.24, 2.45) is 0 Å². The highest BCUT2D eigenvalue weighted by atomic mass is 16.6. The van der Waals surface area contributed by atoms with Gasteiger partial charge in [0.05, 0.1) is 22.2 Å². The number of carbonyl (C=O) groups is 1. The number of Topliss-reactive ketones (excluding diaryl/α,β-unsaturated/α-hetero) is 1. The highest BCUT2D eigenvalue weighted by Crippen LogP contribution is 2.17. The van der Waals surface area contributed by atoms with Crippen molar-refractivity contribution in [1.29, 1.82) is 0 Å². The topological polar surface area (TPSA) is 103 Å².